The average Bonchev–Trinajstić information content (AvgIpc) is 3.12. The van der Waals surface area contributed by atoms with Crippen LogP contribution in [-0.2, 0) is 0 Å². The van der Waals surface area contributed by atoms with E-state index in [0.717, 1.165) is 22.1 Å². The molecule has 2 rings (SSSR count). The van der Waals surface area contributed by atoms with Crippen molar-refractivity contribution in [2.24, 2.45) is 0 Å². The third-order valence-corrected chi connectivity index (χ3v) is 3.73. The fraction of sp³-hybridized carbons (Fsp3) is 0.462. The number of halogens is 1. The number of rotatable bonds is 5. The highest BCUT2D eigenvalue weighted by Gasteiger charge is 2.19. The first-order valence-corrected chi connectivity index (χ1v) is 6.74. The van der Waals surface area contributed by atoms with Crippen molar-refractivity contribution in [2.45, 2.75) is 25.8 Å². The Kier molecular flexibility index (Phi) is 4.18. The lowest BCUT2D eigenvalue weighted by Crippen LogP contribution is -2.32. The Hall–Kier alpha value is -0.870. The van der Waals surface area contributed by atoms with Gasteiger partial charge < -0.3 is 10.6 Å². The summed E-state index contributed by atoms with van der Waals surface area (Å²) in [6, 6.07) is 6.34. The number of hydrogen-bond acceptors (Lipinski definition) is 2. The minimum absolute atomic E-state index is 0.00167. The molecule has 0 spiro atoms. The second kappa shape index (κ2) is 5.65. The molecule has 1 aromatic carbocycles. The van der Waals surface area contributed by atoms with Crippen LogP contribution in [0.2, 0.25) is 0 Å². The molecule has 0 atom stereocenters. The van der Waals surface area contributed by atoms with E-state index in [2.05, 4.69) is 26.6 Å². The van der Waals surface area contributed by atoms with Gasteiger partial charge in [-0.2, -0.15) is 0 Å². The molecule has 17 heavy (non-hydrogen) atoms. The predicted octanol–water partition coefficient (Wildman–Crippen LogP) is 2.24. The van der Waals surface area contributed by atoms with E-state index in [1.807, 2.05) is 25.1 Å². The first-order valence-electron chi connectivity index (χ1n) is 5.94. The highest BCUT2D eigenvalue weighted by molar-refractivity contribution is 9.10. The predicted molar refractivity (Wildman–Crippen MR) is 72.2 cm³/mol. The van der Waals surface area contributed by atoms with Gasteiger partial charge in [0, 0.05) is 29.2 Å². The Labute approximate surface area is 110 Å². The molecule has 1 amide bonds. The molecule has 4 heteroatoms. The van der Waals surface area contributed by atoms with Crippen molar-refractivity contribution in [3.63, 3.8) is 0 Å². The first-order chi connectivity index (χ1) is 8.16. The molecule has 3 nitrogen and oxygen atoms in total. The van der Waals surface area contributed by atoms with Gasteiger partial charge in [0.1, 0.15) is 0 Å². The molecule has 0 aliphatic heterocycles. The van der Waals surface area contributed by atoms with Gasteiger partial charge >= 0.3 is 0 Å². The molecular formula is C13H17BrN2O. The molecule has 1 saturated carbocycles. The largest absolute Gasteiger partial charge is 0.351 e. The summed E-state index contributed by atoms with van der Waals surface area (Å²) >= 11 is 3.42. The van der Waals surface area contributed by atoms with E-state index in [1.54, 1.807) is 0 Å². The number of carbonyl (C=O) groups is 1. The number of nitrogens with one attached hydrogen (secondary N) is 2. The molecule has 0 bridgehead atoms. The minimum Gasteiger partial charge on any atom is -0.351 e. The van der Waals surface area contributed by atoms with Crippen molar-refractivity contribution in [1.82, 2.24) is 10.6 Å². The first kappa shape index (κ1) is 12.6. The molecular weight excluding hydrogens is 280 g/mol. The summed E-state index contributed by atoms with van der Waals surface area (Å²) in [5.74, 6) is -0.00167. The highest BCUT2D eigenvalue weighted by atomic mass is 79.9. The Morgan fingerprint density at radius 2 is 2.18 bits per heavy atom. The molecule has 1 fully saturated rings. The van der Waals surface area contributed by atoms with Crippen molar-refractivity contribution in [3.05, 3.63) is 33.8 Å². The molecule has 0 radical (unpaired) electrons. The van der Waals surface area contributed by atoms with Crippen molar-refractivity contribution in [2.75, 3.05) is 13.1 Å². The zero-order chi connectivity index (χ0) is 12.3. The minimum atomic E-state index is -0.00167. The molecule has 1 aromatic rings. The Balaban J connectivity index is 1.79. The lowest BCUT2D eigenvalue weighted by Gasteiger charge is -2.07. The molecule has 0 saturated heterocycles. The van der Waals surface area contributed by atoms with Crippen LogP contribution in [0.25, 0.3) is 0 Å². The van der Waals surface area contributed by atoms with Gasteiger partial charge in [-0.3, -0.25) is 4.79 Å². The molecule has 2 N–H and O–H groups in total. The van der Waals surface area contributed by atoms with Crippen LogP contribution in [0.5, 0.6) is 0 Å². The zero-order valence-corrected chi connectivity index (χ0v) is 11.5. The fourth-order valence-electron chi connectivity index (χ4n) is 1.63. The molecule has 92 valence electrons. The van der Waals surface area contributed by atoms with Gasteiger partial charge in [0.15, 0.2) is 0 Å². The Bertz CT molecular complexity index is 416. The topological polar surface area (TPSA) is 41.1 Å². The van der Waals surface area contributed by atoms with Crippen LogP contribution in [0.3, 0.4) is 0 Å². The molecule has 1 aliphatic rings. The lowest BCUT2D eigenvalue weighted by atomic mass is 10.1. The van der Waals surface area contributed by atoms with Crippen molar-refractivity contribution in [3.8, 4) is 0 Å². The standard InChI is InChI=1S/C13H17BrN2O/c1-9-8-10(2-5-12(9)14)13(17)16-7-6-15-11-3-4-11/h2,5,8,11,15H,3-4,6-7H2,1H3,(H,16,17). The zero-order valence-electron chi connectivity index (χ0n) is 9.92. The summed E-state index contributed by atoms with van der Waals surface area (Å²) in [5, 5.41) is 6.27. The maximum Gasteiger partial charge on any atom is 0.251 e. The Morgan fingerprint density at radius 1 is 1.41 bits per heavy atom. The van der Waals surface area contributed by atoms with Crippen molar-refractivity contribution >= 4 is 21.8 Å². The fourth-order valence-corrected chi connectivity index (χ4v) is 1.87. The summed E-state index contributed by atoms with van der Waals surface area (Å²) in [7, 11) is 0. The molecule has 0 aromatic heterocycles. The quantitative estimate of drug-likeness (QED) is 0.818. The lowest BCUT2D eigenvalue weighted by molar-refractivity contribution is 0.0954. The monoisotopic (exact) mass is 296 g/mol. The van der Waals surface area contributed by atoms with Crippen LogP contribution >= 0.6 is 15.9 Å². The van der Waals surface area contributed by atoms with Gasteiger partial charge in [0.05, 0.1) is 0 Å². The summed E-state index contributed by atoms with van der Waals surface area (Å²) in [6.45, 7) is 3.52. The number of carbonyl (C=O) groups excluding carboxylic acids is 1. The van der Waals surface area contributed by atoms with Gasteiger partial charge in [-0.1, -0.05) is 15.9 Å². The third-order valence-electron chi connectivity index (χ3n) is 2.84. The van der Waals surface area contributed by atoms with Crippen LogP contribution in [0.1, 0.15) is 28.8 Å². The molecule has 0 unspecified atom stereocenters. The van der Waals surface area contributed by atoms with Gasteiger partial charge in [0.2, 0.25) is 0 Å². The smallest absolute Gasteiger partial charge is 0.251 e. The number of benzene rings is 1. The second-order valence-electron chi connectivity index (χ2n) is 4.45. The van der Waals surface area contributed by atoms with Crippen molar-refractivity contribution in [1.29, 1.82) is 0 Å². The van der Waals surface area contributed by atoms with Crippen LogP contribution in [0.4, 0.5) is 0 Å². The summed E-state index contributed by atoms with van der Waals surface area (Å²) in [6.07, 6.45) is 2.56. The van der Waals surface area contributed by atoms with E-state index >= 15 is 0 Å². The summed E-state index contributed by atoms with van der Waals surface area (Å²) in [5.41, 5.74) is 1.80. The number of aryl methyl sites for hydroxylation is 1. The van der Waals surface area contributed by atoms with E-state index in [0.29, 0.717) is 12.6 Å². The van der Waals surface area contributed by atoms with E-state index in [-0.39, 0.29) is 5.91 Å². The number of amides is 1. The van der Waals surface area contributed by atoms with Gasteiger partial charge in [0.25, 0.3) is 5.91 Å². The third kappa shape index (κ3) is 3.82. The van der Waals surface area contributed by atoms with E-state index in [9.17, 15) is 4.79 Å². The second-order valence-corrected chi connectivity index (χ2v) is 5.30. The molecule has 1 aliphatic carbocycles. The number of hydrogen-bond donors (Lipinski definition) is 2. The molecule has 0 heterocycles. The van der Waals surface area contributed by atoms with Crippen LogP contribution < -0.4 is 10.6 Å². The normalized spacial score (nSPS) is 14.7. The van der Waals surface area contributed by atoms with E-state index in [4.69, 9.17) is 0 Å². The van der Waals surface area contributed by atoms with Crippen LogP contribution in [0, 0.1) is 6.92 Å². The Morgan fingerprint density at radius 3 is 2.82 bits per heavy atom. The highest BCUT2D eigenvalue weighted by Crippen LogP contribution is 2.18. The van der Waals surface area contributed by atoms with E-state index in [1.165, 1.54) is 12.8 Å². The van der Waals surface area contributed by atoms with Crippen molar-refractivity contribution < 1.29 is 4.79 Å². The van der Waals surface area contributed by atoms with Gasteiger partial charge in [-0.25, -0.2) is 0 Å². The van der Waals surface area contributed by atoms with Crippen LogP contribution in [-0.4, -0.2) is 25.0 Å². The van der Waals surface area contributed by atoms with Gasteiger partial charge in [-0.15, -0.1) is 0 Å². The van der Waals surface area contributed by atoms with Gasteiger partial charge in [-0.05, 0) is 43.5 Å². The SMILES string of the molecule is Cc1cc(C(=O)NCCNC2CC2)ccc1Br. The van der Waals surface area contributed by atoms with E-state index < -0.39 is 0 Å². The van der Waals surface area contributed by atoms with Crippen LogP contribution in [0.15, 0.2) is 22.7 Å². The summed E-state index contributed by atoms with van der Waals surface area (Å²) < 4.78 is 1.03. The summed E-state index contributed by atoms with van der Waals surface area (Å²) in [4.78, 5) is 11.8. The maximum atomic E-state index is 11.8. The average molecular weight is 297 g/mol. The maximum absolute atomic E-state index is 11.8.